The standard InChI is InChI=1S/C11H17N5O/c1-2-3-4-5-13-10(17)8-14-11-9(6-12)7-15-16-11/h7H,2-5,8H2,1H3,(H,13,17)(H2,14,15,16). The molecule has 0 aliphatic carbocycles. The summed E-state index contributed by atoms with van der Waals surface area (Å²) in [5, 5.41) is 20.7. The van der Waals surface area contributed by atoms with E-state index in [9.17, 15) is 4.79 Å². The zero-order valence-corrected chi connectivity index (χ0v) is 9.92. The molecule has 0 aliphatic heterocycles. The third kappa shape index (κ3) is 4.55. The fourth-order valence-corrected chi connectivity index (χ4v) is 1.34. The summed E-state index contributed by atoms with van der Waals surface area (Å²) in [6.45, 7) is 2.95. The van der Waals surface area contributed by atoms with E-state index in [2.05, 4.69) is 27.8 Å². The van der Waals surface area contributed by atoms with Crippen molar-refractivity contribution in [2.75, 3.05) is 18.4 Å². The summed E-state index contributed by atoms with van der Waals surface area (Å²) in [4.78, 5) is 11.4. The number of nitriles is 1. The van der Waals surface area contributed by atoms with Gasteiger partial charge in [-0.25, -0.2) is 0 Å². The van der Waals surface area contributed by atoms with Crippen LogP contribution in [0.1, 0.15) is 31.7 Å². The number of hydrogen-bond donors (Lipinski definition) is 3. The number of amides is 1. The van der Waals surface area contributed by atoms with Crippen molar-refractivity contribution in [3.8, 4) is 6.07 Å². The average Bonchev–Trinajstić information content (AvgIpc) is 2.79. The highest BCUT2D eigenvalue weighted by Gasteiger charge is 2.05. The SMILES string of the molecule is CCCCCNC(=O)CNc1[nH]ncc1C#N. The van der Waals surface area contributed by atoms with E-state index in [0.717, 1.165) is 19.3 Å². The van der Waals surface area contributed by atoms with Gasteiger partial charge in [0.2, 0.25) is 5.91 Å². The number of aromatic nitrogens is 2. The van der Waals surface area contributed by atoms with Gasteiger partial charge in [0.25, 0.3) is 0 Å². The minimum Gasteiger partial charge on any atom is -0.360 e. The number of carbonyl (C=O) groups is 1. The van der Waals surface area contributed by atoms with Crippen LogP contribution in [-0.2, 0) is 4.79 Å². The van der Waals surface area contributed by atoms with Crippen molar-refractivity contribution in [1.29, 1.82) is 5.26 Å². The van der Waals surface area contributed by atoms with Gasteiger partial charge in [0.1, 0.15) is 17.5 Å². The molecule has 1 aromatic rings. The molecule has 0 aliphatic rings. The maximum absolute atomic E-state index is 11.4. The first-order valence-electron chi connectivity index (χ1n) is 5.72. The zero-order valence-electron chi connectivity index (χ0n) is 9.92. The first-order chi connectivity index (χ1) is 8.27. The predicted octanol–water partition coefficient (Wildman–Crippen LogP) is 1.000. The van der Waals surface area contributed by atoms with E-state index in [1.807, 2.05) is 6.07 Å². The van der Waals surface area contributed by atoms with Crippen LogP contribution in [0.15, 0.2) is 6.20 Å². The van der Waals surface area contributed by atoms with Gasteiger partial charge in [0.15, 0.2) is 0 Å². The van der Waals surface area contributed by atoms with E-state index in [4.69, 9.17) is 5.26 Å². The summed E-state index contributed by atoms with van der Waals surface area (Å²) in [5.41, 5.74) is 0.406. The molecule has 1 rings (SSSR count). The van der Waals surface area contributed by atoms with Gasteiger partial charge >= 0.3 is 0 Å². The highest BCUT2D eigenvalue weighted by atomic mass is 16.1. The number of nitrogens with one attached hydrogen (secondary N) is 3. The summed E-state index contributed by atoms with van der Waals surface area (Å²) in [6.07, 6.45) is 4.66. The number of unbranched alkanes of at least 4 members (excludes halogenated alkanes) is 2. The van der Waals surface area contributed by atoms with Crippen LogP contribution in [-0.4, -0.2) is 29.2 Å². The molecular weight excluding hydrogens is 218 g/mol. The minimum absolute atomic E-state index is 0.0837. The van der Waals surface area contributed by atoms with Gasteiger partial charge in [0.05, 0.1) is 12.7 Å². The van der Waals surface area contributed by atoms with Crippen molar-refractivity contribution in [2.45, 2.75) is 26.2 Å². The first-order valence-corrected chi connectivity index (χ1v) is 5.72. The Hall–Kier alpha value is -2.03. The predicted molar refractivity (Wildman–Crippen MR) is 64.3 cm³/mol. The van der Waals surface area contributed by atoms with Crippen molar-refractivity contribution in [2.24, 2.45) is 0 Å². The molecule has 0 saturated carbocycles. The van der Waals surface area contributed by atoms with E-state index in [1.165, 1.54) is 6.20 Å². The van der Waals surface area contributed by atoms with Gasteiger partial charge in [0, 0.05) is 6.54 Å². The summed E-state index contributed by atoms with van der Waals surface area (Å²) >= 11 is 0. The summed E-state index contributed by atoms with van der Waals surface area (Å²) in [6, 6.07) is 1.97. The van der Waals surface area contributed by atoms with Crippen molar-refractivity contribution in [3.63, 3.8) is 0 Å². The number of anilines is 1. The van der Waals surface area contributed by atoms with E-state index in [-0.39, 0.29) is 12.5 Å². The minimum atomic E-state index is -0.0837. The van der Waals surface area contributed by atoms with Gasteiger partial charge < -0.3 is 10.6 Å². The molecule has 0 radical (unpaired) electrons. The van der Waals surface area contributed by atoms with Crippen LogP contribution in [0.5, 0.6) is 0 Å². The van der Waals surface area contributed by atoms with Gasteiger partial charge in [-0.1, -0.05) is 19.8 Å². The lowest BCUT2D eigenvalue weighted by molar-refractivity contribution is -0.119. The van der Waals surface area contributed by atoms with Gasteiger partial charge in [-0.05, 0) is 6.42 Å². The fraction of sp³-hybridized carbons (Fsp3) is 0.545. The number of rotatable bonds is 7. The Morgan fingerprint density at radius 1 is 1.59 bits per heavy atom. The molecule has 17 heavy (non-hydrogen) atoms. The van der Waals surface area contributed by atoms with E-state index in [0.29, 0.717) is 17.9 Å². The fourth-order valence-electron chi connectivity index (χ4n) is 1.34. The lowest BCUT2D eigenvalue weighted by Crippen LogP contribution is -2.30. The Morgan fingerprint density at radius 3 is 3.12 bits per heavy atom. The molecule has 1 aromatic heterocycles. The molecule has 0 spiro atoms. The average molecular weight is 235 g/mol. The van der Waals surface area contributed by atoms with Crippen LogP contribution in [0, 0.1) is 11.3 Å². The van der Waals surface area contributed by atoms with Crippen LogP contribution >= 0.6 is 0 Å². The largest absolute Gasteiger partial charge is 0.360 e. The molecule has 6 heteroatoms. The van der Waals surface area contributed by atoms with Crippen molar-refractivity contribution in [1.82, 2.24) is 15.5 Å². The third-order valence-electron chi connectivity index (χ3n) is 2.29. The molecule has 1 heterocycles. The summed E-state index contributed by atoms with van der Waals surface area (Å²) < 4.78 is 0. The molecule has 0 bridgehead atoms. The lowest BCUT2D eigenvalue weighted by Gasteiger charge is -2.05. The molecule has 0 unspecified atom stereocenters. The number of carbonyl (C=O) groups excluding carboxylic acids is 1. The number of aromatic amines is 1. The second kappa shape index (κ2) is 7.28. The molecular formula is C11H17N5O. The van der Waals surface area contributed by atoms with Crippen LogP contribution in [0.4, 0.5) is 5.82 Å². The molecule has 1 amide bonds. The molecule has 0 saturated heterocycles. The summed E-state index contributed by atoms with van der Waals surface area (Å²) in [7, 11) is 0. The van der Waals surface area contributed by atoms with Crippen LogP contribution < -0.4 is 10.6 Å². The Kier molecular flexibility index (Phi) is 5.58. The number of H-pyrrole nitrogens is 1. The third-order valence-corrected chi connectivity index (χ3v) is 2.29. The molecule has 3 N–H and O–H groups in total. The summed E-state index contributed by atoms with van der Waals surface area (Å²) in [5.74, 6) is 0.399. The lowest BCUT2D eigenvalue weighted by atomic mass is 10.2. The molecule has 0 aromatic carbocycles. The maximum Gasteiger partial charge on any atom is 0.239 e. The monoisotopic (exact) mass is 235 g/mol. The number of hydrogen-bond acceptors (Lipinski definition) is 4. The molecule has 0 fully saturated rings. The second-order valence-electron chi connectivity index (χ2n) is 3.68. The van der Waals surface area contributed by atoms with Crippen LogP contribution in [0.25, 0.3) is 0 Å². The van der Waals surface area contributed by atoms with Crippen molar-refractivity contribution >= 4 is 11.7 Å². The van der Waals surface area contributed by atoms with Crippen LogP contribution in [0.3, 0.4) is 0 Å². The van der Waals surface area contributed by atoms with E-state index in [1.54, 1.807) is 0 Å². The van der Waals surface area contributed by atoms with Gasteiger partial charge in [-0.2, -0.15) is 10.4 Å². The first kappa shape index (κ1) is 13.0. The molecule has 6 nitrogen and oxygen atoms in total. The normalized spacial score (nSPS) is 9.65. The van der Waals surface area contributed by atoms with Gasteiger partial charge in [-0.15, -0.1) is 0 Å². The van der Waals surface area contributed by atoms with Crippen LogP contribution in [0.2, 0.25) is 0 Å². The molecule has 0 atom stereocenters. The van der Waals surface area contributed by atoms with E-state index < -0.39 is 0 Å². The highest BCUT2D eigenvalue weighted by molar-refractivity contribution is 5.80. The Labute approximate surface area is 100 Å². The van der Waals surface area contributed by atoms with Gasteiger partial charge in [-0.3, -0.25) is 9.89 Å². The molecule has 92 valence electrons. The van der Waals surface area contributed by atoms with E-state index >= 15 is 0 Å². The number of nitrogens with zero attached hydrogens (tertiary/aromatic N) is 2. The van der Waals surface area contributed by atoms with Crippen molar-refractivity contribution in [3.05, 3.63) is 11.8 Å². The second-order valence-corrected chi connectivity index (χ2v) is 3.68. The van der Waals surface area contributed by atoms with Crippen molar-refractivity contribution < 1.29 is 4.79 Å². The highest BCUT2D eigenvalue weighted by Crippen LogP contribution is 2.07. The smallest absolute Gasteiger partial charge is 0.239 e. The topological polar surface area (TPSA) is 93.6 Å². The quantitative estimate of drug-likeness (QED) is 0.614. The zero-order chi connectivity index (χ0) is 12.5. The maximum atomic E-state index is 11.4. The Bertz CT molecular complexity index is 393. The Morgan fingerprint density at radius 2 is 2.41 bits per heavy atom. The Balaban J connectivity index is 2.22.